The normalized spacial score (nSPS) is 23.3. The number of hydrogen-bond acceptors (Lipinski definition) is 3. The Balaban J connectivity index is 2.15. The van der Waals surface area contributed by atoms with Gasteiger partial charge in [-0.05, 0) is 31.0 Å². The first kappa shape index (κ1) is 13.2. The van der Waals surface area contributed by atoms with E-state index in [9.17, 15) is 4.79 Å². The van der Waals surface area contributed by atoms with Crippen molar-refractivity contribution in [1.29, 1.82) is 0 Å². The number of ether oxygens (including phenoxy) is 1. The lowest BCUT2D eigenvalue weighted by molar-refractivity contribution is 0.131. The van der Waals surface area contributed by atoms with Crippen molar-refractivity contribution < 1.29 is 14.6 Å². The summed E-state index contributed by atoms with van der Waals surface area (Å²) in [6, 6.07) is 7.35. The van der Waals surface area contributed by atoms with Gasteiger partial charge in [0.15, 0.2) is 0 Å². The molecule has 1 aliphatic heterocycles. The van der Waals surface area contributed by atoms with Crippen LogP contribution in [0.15, 0.2) is 24.3 Å². The van der Waals surface area contributed by atoms with Crippen molar-refractivity contribution in [2.45, 2.75) is 25.4 Å². The molecule has 2 rings (SSSR count). The lowest BCUT2D eigenvalue weighted by Crippen LogP contribution is -2.44. The van der Waals surface area contributed by atoms with Crippen molar-refractivity contribution in [2.24, 2.45) is 0 Å². The van der Waals surface area contributed by atoms with E-state index in [1.165, 1.54) is 0 Å². The minimum Gasteiger partial charge on any atom is -0.447 e. The molecule has 1 fully saturated rings. The van der Waals surface area contributed by atoms with Crippen molar-refractivity contribution in [3.63, 3.8) is 0 Å². The van der Waals surface area contributed by atoms with Crippen LogP contribution >= 0.6 is 11.6 Å². The van der Waals surface area contributed by atoms with E-state index in [-0.39, 0.29) is 12.7 Å². The second-order valence-corrected chi connectivity index (χ2v) is 5.17. The number of carbonyl (C=O) groups is 1. The fourth-order valence-electron chi connectivity index (χ4n) is 2.07. The van der Waals surface area contributed by atoms with Gasteiger partial charge in [0.1, 0.15) is 6.61 Å². The van der Waals surface area contributed by atoms with Crippen LogP contribution in [0.3, 0.4) is 0 Å². The molecular weight excluding hydrogens is 254 g/mol. The maximum absolute atomic E-state index is 11.7. The Morgan fingerprint density at radius 1 is 1.44 bits per heavy atom. The van der Waals surface area contributed by atoms with Crippen LogP contribution in [0.5, 0.6) is 0 Å². The average Bonchev–Trinajstić information content (AvgIpc) is 2.61. The van der Waals surface area contributed by atoms with Gasteiger partial charge in [0.25, 0.3) is 0 Å². The number of aliphatic hydroxyl groups is 1. The highest BCUT2D eigenvalue weighted by atomic mass is 35.5. The highest BCUT2D eigenvalue weighted by molar-refractivity contribution is 6.30. The van der Waals surface area contributed by atoms with E-state index in [0.29, 0.717) is 24.6 Å². The predicted octanol–water partition coefficient (Wildman–Crippen LogP) is 2.43. The third-order valence-electron chi connectivity index (χ3n) is 3.28. The van der Waals surface area contributed by atoms with E-state index >= 15 is 0 Å². The smallest absolute Gasteiger partial charge is 0.410 e. The number of hydrogen-bond donors (Lipinski definition) is 1. The van der Waals surface area contributed by atoms with Gasteiger partial charge in [0.05, 0.1) is 5.54 Å². The van der Waals surface area contributed by atoms with E-state index in [0.717, 1.165) is 5.56 Å². The number of halogens is 1. The molecule has 0 saturated carbocycles. The highest BCUT2D eigenvalue weighted by Gasteiger charge is 2.42. The molecule has 1 aliphatic rings. The standard InChI is InChI=1S/C13H16ClNO3/c1-13(6-7-16)9-18-12(17)15(13)8-10-2-4-11(14)5-3-10/h2-5,16H,6-9H2,1H3. The Bertz CT molecular complexity index is 434. The zero-order chi connectivity index (χ0) is 13.2. The number of aliphatic hydroxyl groups excluding tert-OH is 1. The molecule has 1 amide bonds. The maximum atomic E-state index is 11.7. The van der Waals surface area contributed by atoms with Crippen LogP contribution < -0.4 is 0 Å². The summed E-state index contributed by atoms with van der Waals surface area (Å²) in [7, 11) is 0. The number of rotatable bonds is 4. The van der Waals surface area contributed by atoms with Crippen LogP contribution in [0.1, 0.15) is 18.9 Å². The Labute approximate surface area is 111 Å². The summed E-state index contributed by atoms with van der Waals surface area (Å²) in [5.41, 5.74) is 0.549. The van der Waals surface area contributed by atoms with Gasteiger partial charge in [-0.25, -0.2) is 4.79 Å². The number of nitrogens with zero attached hydrogens (tertiary/aromatic N) is 1. The minimum absolute atomic E-state index is 0.0320. The van der Waals surface area contributed by atoms with Crippen LogP contribution in [-0.2, 0) is 11.3 Å². The fraction of sp³-hybridized carbons (Fsp3) is 0.462. The predicted molar refractivity (Wildman–Crippen MR) is 68.5 cm³/mol. The summed E-state index contributed by atoms with van der Waals surface area (Å²) in [6.07, 6.45) is 0.174. The van der Waals surface area contributed by atoms with Crippen LogP contribution in [0.4, 0.5) is 4.79 Å². The van der Waals surface area contributed by atoms with E-state index in [2.05, 4.69) is 0 Å². The lowest BCUT2D eigenvalue weighted by atomic mass is 9.97. The molecule has 1 saturated heterocycles. The molecule has 18 heavy (non-hydrogen) atoms. The lowest BCUT2D eigenvalue weighted by Gasteiger charge is -2.31. The third-order valence-corrected chi connectivity index (χ3v) is 3.53. The summed E-state index contributed by atoms with van der Waals surface area (Å²) < 4.78 is 5.08. The Hall–Kier alpha value is -1.26. The zero-order valence-electron chi connectivity index (χ0n) is 10.2. The molecule has 0 radical (unpaired) electrons. The minimum atomic E-state index is -0.439. The Kier molecular flexibility index (Phi) is 3.78. The molecule has 1 unspecified atom stereocenters. The van der Waals surface area contributed by atoms with E-state index in [1.807, 2.05) is 19.1 Å². The van der Waals surface area contributed by atoms with E-state index < -0.39 is 5.54 Å². The Morgan fingerprint density at radius 2 is 2.11 bits per heavy atom. The molecule has 0 aromatic heterocycles. The van der Waals surface area contributed by atoms with Crippen molar-refractivity contribution in [1.82, 2.24) is 4.90 Å². The summed E-state index contributed by atoms with van der Waals surface area (Å²) >= 11 is 5.82. The summed E-state index contributed by atoms with van der Waals surface area (Å²) in [5, 5.41) is 9.75. The summed E-state index contributed by atoms with van der Waals surface area (Å²) in [6.45, 7) is 2.74. The van der Waals surface area contributed by atoms with Gasteiger partial charge < -0.3 is 9.84 Å². The first-order chi connectivity index (χ1) is 8.55. The van der Waals surface area contributed by atoms with Gasteiger partial charge in [-0.15, -0.1) is 0 Å². The molecule has 98 valence electrons. The van der Waals surface area contributed by atoms with Crippen molar-refractivity contribution >= 4 is 17.7 Å². The molecule has 5 heteroatoms. The molecule has 1 atom stereocenters. The first-order valence-corrected chi connectivity index (χ1v) is 6.23. The van der Waals surface area contributed by atoms with Crippen LogP contribution in [-0.4, -0.2) is 34.9 Å². The van der Waals surface area contributed by atoms with Gasteiger partial charge >= 0.3 is 6.09 Å². The third kappa shape index (κ3) is 2.60. The van der Waals surface area contributed by atoms with Crippen molar-refractivity contribution in [2.75, 3.05) is 13.2 Å². The van der Waals surface area contributed by atoms with Gasteiger partial charge in [0, 0.05) is 18.2 Å². The number of benzene rings is 1. The average molecular weight is 270 g/mol. The molecule has 1 aromatic rings. The van der Waals surface area contributed by atoms with E-state index in [1.54, 1.807) is 17.0 Å². The fourth-order valence-corrected chi connectivity index (χ4v) is 2.20. The highest BCUT2D eigenvalue weighted by Crippen LogP contribution is 2.29. The molecule has 0 spiro atoms. The molecule has 0 bridgehead atoms. The maximum Gasteiger partial charge on any atom is 0.410 e. The molecule has 0 aliphatic carbocycles. The Morgan fingerprint density at radius 3 is 2.72 bits per heavy atom. The zero-order valence-corrected chi connectivity index (χ0v) is 11.0. The second-order valence-electron chi connectivity index (χ2n) is 4.74. The van der Waals surface area contributed by atoms with Gasteiger partial charge in [-0.3, -0.25) is 4.90 Å². The number of amides is 1. The molecular formula is C13H16ClNO3. The molecule has 1 N–H and O–H groups in total. The summed E-state index contributed by atoms with van der Waals surface area (Å²) in [4.78, 5) is 13.4. The van der Waals surface area contributed by atoms with Crippen LogP contribution in [0.2, 0.25) is 5.02 Å². The van der Waals surface area contributed by atoms with Crippen LogP contribution in [0.25, 0.3) is 0 Å². The quantitative estimate of drug-likeness (QED) is 0.913. The van der Waals surface area contributed by atoms with Crippen LogP contribution in [0, 0.1) is 0 Å². The number of carbonyl (C=O) groups excluding carboxylic acids is 1. The van der Waals surface area contributed by atoms with Gasteiger partial charge in [-0.2, -0.15) is 0 Å². The monoisotopic (exact) mass is 269 g/mol. The number of cyclic esters (lactones) is 1. The van der Waals surface area contributed by atoms with Gasteiger partial charge in [-0.1, -0.05) is 23.7 Å². The summed E-state index contributed by atoms with van der Waals surface area (Å²) in [5.74, 6) is 0. The van der Waals surface area contributed by atoms with Crippen molar-refractivity contribution in [3.8, 4) is 0 Å². The molecule has 1 heterocycles. The second kappa shape index (κ2) is 5.16. The van der Waals surface area contributed by atoms with Crippen molar-refractivity contribution in [3.05, 3.63) is 34.9 Å². The largest absolute Gasteiger partial charge is 0.447 e. The first-order valence-electron chi connectivity index (χ1n) is 5.85. The SMILES string of the molecule is CC1(CCO)COC(=O)N1Cc1ccc(Cl)cc1. The van der Waals surface area contributed by atoms with E-state index in [4.69, 9.17) is 21.4 Å². The topological polar surface area (TPSA) is 49.8 Å². The molecule has 4 nitrogen and oxygen atoms in total. The molecule has 1 aromatic carbocycles. The van der Waals surface area contributed by atoms with Gasteiger partial charge in [0.2, 0.25) is 0 Å².